The van der Waals surface area contributed by atoms with E-state index in [1.54, 1.807) is 12.1 Å². The molecule has 0 radical (unpaired) electrons. The van der Waals surface area contributed by atoms with Crippen LogP contribution in [-0.4, -0.2) is 28.2 Å². The maximum Gasteiger partial charge on any atom is 0.236 e. The molecule has 4 nitrogen and oxygen atoms in total. The number of benzene rings is 1. The van der Waals surface area contributed by atoms with Gasteiger partial charge in [-0.3, -0.25) is 9.59 Å². The quantitative estimate of drug-likeness (QED) is 0.830. The van der Waals surface area contributed by atoms with E-state index in [2.05, 4.69) is 10.3 Å². The third-order valence-corrected chi connectivity index (χ3v) is 4.76. The molecule has 2 rings (SSSR count). The number of thioether (sulfide) groups is 1. The topological polar surface area (TPSA) is 59.1 Å². The van der Waals surface area contributed by atoms with Gasteiger partial charge in [0.15, 0.2) is 10.9 Å². The molecule has 1 heterocycles. The van der Waals surface area contributed by atoms with Crippen molar-refractivity contribution in [2.45, 2.75) is 13.8 Å². The van der Waals surface area contributed by atoms with Crippen molar-refractivity contribution in [1.82, 2.24) is 4.98 Å². The number of nitrogens with zero attached hydrogens (tertiary/aromatic N) is 1. The van der Waals surface area contributed by atoms with E-state index in [1.807, 2.05) is 32.0 Å². The van der Waals surface area contributed by atoms with Gasteiger partial charge in [-0.15, -0.1) is 23.1 Å². The molecule has 0 fully saturated rings. The van der Waals surface area contributed by atoms with Crippen molar-refractivity contribution in [2.75, 3.05) is 16.8 Å². The molecular weight excluding hydrogens is 304 g/mol. The monoisotopic (exact) mass is 320 g/mol. The van der Waals surface area contributed by atoms with Gasteiger partial charge >= 0.3 is 0 Å². The van der Waals surface area contributed by atoms with E-state index in [0.717, 1.165) is 10.6 Å². The lowest BCUT2D eigenvalue weighted by Gasteiger charge is -2.02. The molecule has 21 heavy (non-hydrogen) atoms. The first-order valence-corrected chi connectivity index (χ1v) is 8.43. The Bertz CT molecular complexity index is 619. The molecule has 6 heteroatoms. The van der Waals surface area contributed by atoms with E-state index in [9.17, 15) is 9.59 Å². The second-order valence-corrected chi connectivity index (χ2v) is 6.68. The van der Waals surface area contributed by atoms with Crippen LogP contribution in [0.5, 0.6) is 0 Å². The summed E-state index contributed by atoms with van der Waals surface area (Å²) in [7, 11) is 0. The van der Waals surface area contributed by atoms with Crippen LogP contribution in [0.1, 0.15) is 20.9 Å². The van der Waals surface area contributed by atoms with Gasteiger partial charge in [-0.2, -0.15) is 0 Å². The van der Waals surface area contributed by atoms with Gasteiger partial charge in [-0.1, -0.05) is 30.3 Å². The van der Waals surface area contributed by atoms with Gasteiger partial charge < -0.3 is 5.32 Å². The molecule has 0 unspecified atom stereocenters. The number of Topliss-reactive ketones (excluding diaryl/α,β-unsaturated/α-hetero) is 1. The average molecular weight is 320 g/mol. The van der Waals surface area contributed by atoms with Crippen LogP contribution in [0, 0.1) is 13.8 Å². The third kappa shape index (κ3) is 4.68. The first kappa shape index (κ1) is 15.7. The molecule has 1 aromatic heterocycles. The summed E-state index contributed by atoms with van der Waals surface area (Å²) in [5.41, 5.74) is 1.61. The number of amides is 1. The predicted molar refractivity (Wildman–Crippen MR) is 88.3 cm³/mol. The molecule has 0 aliphatic heterocycles. The van der Waals surface area contributed by atoms with E-state index in [-0.39, 0.29) is 17.4 Å². The SMILES string of the molecule is Cc1nc(NC(=O)CSCC(=O)c2ccccc2)sc1C. The molecule has 2 aromatic rings. The Balaban J connectivity index is 1.76. The smallest absolute Gasteiger partial charge is 0.236 e. The first-order chi connectivity index (χ1) is 10.1. The third-order valence-electron chi connectivity index (χ3n) is 2.84. The fourth-order valence-electron chi connectivity index (χ4n) is 1.63. The summed E-state index contributed by atoms with van der Waals surface area (Å²) in [6.45, 7) is 3.88. The summed E-state index contributed by atoms with van der Waals surface area (Å²) in [5.74, 6) is 0.452. The fraction of sp³-hybridized carbons (Fsp3) is 0.267. The van der Waals surface area contributed by atoms with Crippen LogP contribution in [0.15, 0.2) is 30.3 Å². The number of aryl methyl sites for hydroxylation is 2. The number of anilines is 1. The number of ketones is 1. The van der Waals surface area contributed by atoms with Crippen LogP contribution in [0.3, 0.4) is 0 Å². The molecule has 0 saturated heterocycles. The van der Waals surface area contributed by atoms with E-state index < -0.39 is 0 Å². The lowest BCUT2D eigenvalue weighted by molar-refractivity contribution is -0.113. The minimum absolute atomic E-state index is 0.0364. The minimum Gasteiger partial charge on any atom is -0.301 e. The molecule has 1 aromatic carbocycles. The average Bonchev–Trinajstić information content (AvgIpc) is 2.78. The van der Waals surface area contributed by atoms with Crippen molar-refractivity contribution < 1.29 is 9.59 Å². The summed E-state index contributed by atoms with van der Waals surface area (Å²) >= 11 is 2.77. The van der Waals surface area contributed by atoms with Crippen LogP contribution in [0.25, 0.3) is 0 Å². The number of rotatable bonds is 6. The van der Waals surface area contributed by atoms with E-state index in [1.165, 1.54) is 23.1 Å². The summed E-state index contributed by atoms with van der Waals surface area (Å²) in [6, 6.07) is 9.10. The summed E-state index contributed by atoms with van der Waals surface area (Å²) in [4.78, 5) is 29.0. The number of hydrogen-bond donors (Lipinski definition) is 1. The number of carbonyl (C=O) groups is 2. The predicted octanol–water partition coefficient (Wildman–Crippen LogP) is 3.31. The van der Waals surface area contributed by atoms with Crippen molar-refractivity contribution in [3.8, 4) is 0 Å². The van der Waals surface area contributed by atoms with Gasteiger partial charge in [-0.05, 0) is 13.8 Å². The van der Waals surface area contributed by atoms with Crippen molar-refractivity contribution in [3.63, 3.8) is 0 Å². The largest absolute Gasteiger partial charge is 0.301 e. The Morgan fingerprint density at radius 2 is 1.90 bits per heavy atom. The Kier molecular flexibility index (Phi) is 5.52. The highest BCUT2D eigenvalue weighted by Gasteiger charge is 2.10. The highest BCUT2D eigenvalue weighted by atomic mass is 32.2. The van der Waals surface area contributed by atoms with Crippen molar-refractivity contribution >= 4 is 39.9 Å². The Hall–Kier alpha value is -1.66. The highest BCUT2D eigenvalue weighted by Crippen LogP contribution is 2.21. The van der Waals surface area contributed by atoms with Crippen LogP contribution in [0.2, 0.25) is 0 Å². The Labute approximate surface area is 132 Å². The second kappa shape index (κ2) is 7.38. The molecular formula is C15H16N2O2S2. The van der Waals surface area contributed by atoms with E-state index >= 15 is 0 Å². The Morgan fingerprint density at radius 3 is 2.52 bits per heavy atom. The molecule has 0 aliphatic rings. The highest BCUT2D eigenvalue weighted by molar-refractivity contribution is 8.00. The van der Waals surface area contributed by atoms with Crippen LogP contribution in [0.4, 0.5) is 5.13 Å². The molecule has 0 aliphatic carbocycles. The molecule has 0 atom stereocenters. The lowest BCUT2D eigenvalue weighted by atomic mass is 10.2. The molecule has 0 bridgehead atoms. The molecule has 110 valence electrons. The Morgan fingerprint density at radius 1 is 1.19 bits per heavy atom. The summed E-state index contributed by atoms with van der Waals surface area (Å²) in [6.07, 6.45) is 0. The van der Waals surface area contributed by atoms with Crippen molar-refractivity contribution in [2.24, 2.45) is 0 Å². The maximum absolute atomic E-state index is 11.9. The van der Waals surface area contributed by atoms with E-state index in [0.29, 0.717) is 16.4 Å². The fourth-order valence-corrected chi connectivity index (χ4v) is 3.17. The zero-order chi connectivity index (χ0) is 15.2. The normalized spacial score (nSPS) is 10.4. The zero-order valence-electron chi connectivity index (χ0n) is 11.9. The minimum atomic E-state index is -0.130. The van der Waals surface area contributed by atoms with Crippen molar-refractivity contribution in [3.05, 3.63) is 46.5 Å². The van der Waals surface area contributed by atoms with Crippen LogP contribution >= 0.6 is 23.1 Å². The van der Waals surface area contributed by atoms with Crippen LogP contribution < -0.4 is 5.32 Å². The number of thiazole rings is 1. The molecule has 0 saturated carbocycles. The lowest BCUT2D eigenvalue weighted by Crippen LogP contribution is -2.15. The van der Waals surface area contributed by atoms with Gasteiger partial charge in [0.2, 0.25) is 5.91 Å². The maximum atomic E-state index is 11.9. The molecule has 1 N–H and O–H groups in total. The van der Waals surface area contributed by atoms with Gasteiger partial charge in [0.25, 0.3) is 0 Å². The first-order valence-electron chi connectivity index (χ1n) is 6.46. The van der Waals surface area contributed by atoms with Gasteiger partial charge in [0, 0.05) is 10.4 Å². The molecule has 0 spiro atoms. The van der Waals surface area contributed by atoms with E-state index in [4.69, 9.17) is 0 Å². The number of nitrogens with one attached hydrogen (secondary N) is 1. The second-order valence-electron chi connectivity index (χ2n) is 4.49. The molecule has 1 amide bonds. The summed E-state index contributed by atoms with van der Waals surface area (Å²) < 4.78 is 0. The zero-order valence-corrected chi connectivity index (χ0v) is 13.5. The standard InChI is InChI=1S/C15H16N2O2S2/c1-10-11(2)21-15(16-10)17-14(19)9-20-8-13(18)12-6-4-3-5-7-12/h3-7H,8-9H2,1-2H3,(H,16,17,19). The van der Waals surface area contributed by atoms with Crippen LogP contribution in [-0.2, 0) is 4.79 Å². The summed E-state index contributed by atoms with van der Waals surface area (Å²) in [5, 5.41) is 3.37. The number of carbonyl (C=O) groups excluding carboxylic acids is 2. The number of aromatic nitrogens is 1. The van der Waals surface area contributed by atoms with Crippen molar-refractivity contribution in [1.29, 1.82) is 0 Å². The van der Waals surface area contributed by atoms with Gasteiger partial charge in [0.1, 0.15) is 0 Å². The number of hydrogen-bond acceptors (Lipinski definition) is 5. The van der Waals surface area contributed by atoms with Gasteiger partial charge in [0.05, 0.1) is 17.2 Å². The van der Waals surface area contributed by atoms with Gasteiger partial charge in [-0.25, -0.2) is 4.98 Å².